The zero-order chi connectivity index (χ0) is 10.9. The fraction of sp³-hybridized carbons (Fsp3) is 0.0769. The molecule has 0 saturated heterocycles. The van der Waals surface area contributed by atoms with E-state index in [1.54, 1.807) is 30.4 Å². The zero-order valence-electron chi connectivity index (χ0n) is 8.10. The molecule has 0 amide bonds. The highest BCUT2D eigenvalue weighted by molar-refractivity contribution is 5.52. The van der Waals surface area contributed by atoms with Crippen molar-refractivity contribution < 1.29 is 9.52 Å². The van der Waals surface area contributed by atoms with Gasteiger partial charge in [-0.25, -0.2) is 0 Å². The molecule has 0 fully saturated rings. The molecule has 0 aliphatic rings. The van der Waals surface area contributed by atoms with Crippen molar-refractivity contribution in [2.24, 2.45) is 0 Å². The molecule has 0 radical (unpaired) electrons. The maximum atomic E-state index is 8.56. The highest BCUT2D eigenvalue weighted by atomic mass is 16.3. The number of terminal acetylenes is 1. The normalized spacial score (nSPS) is 10.1. The summed E-state index contributed by atoms with van der Waals surface area (Å²) in [7, 11) is 0. The standard InChI is InChI=1S/C13H10O2/c1-2-3-4-5-7-12-9-10-13(15-12)8-6-11-14/h1,5-10,14H,11H2/b7-5+,8-6+. The van der Waals surface area contributed by atoms with Gasteiger partial charge in [0.15, 0.2) is 0 Å². The average molecular weight is 198 g/mol. The molecule has 1 N–H and O–H groups in total. The summed E-state index contributed by atoms with van der Waals surface area (Å²) in [5, 5.41) is 8.56. The molecular formula is C13H10O2. The number of hydrogen-bond acceptors (Lipinski definition) is 2. The van der Waals surface area contributed by atoms with Gasteiger partial charge in [-0.05, 0) is 42.2 Å². The van der Waals surface area contributed by atoms with Crippen LogP contribution in [0.1, 0.15) is 11.5 Å². The van der Waals surface area contributed by atoms with E-state index >= 15 is 0 Å². The quantitative estimate of drug-likeness (QED) is 0.753. The molecule has 0 unspecified atom stereocenters. The maximum Gasteiger partial charge on any atom is 0.128 e. The Hall–Kier alpha value is -2.16. The summed E-state index contributed by atoms with van der Waals surface area (Å²) in [5.74, 6) is 8.70. The van der Waals surface area contributed by atoms with Crippen LogP contribution in [0.3, 0.4) is 0 Å². The molecule has 0 atom stereocenters. The van der Waals surface area contributed by atoms with Crippen LogP contribution in [-0.4, -0.2) is 11.7 Å². The van der Waals surface area contributed by atoms with E-state index in [-0.39, 0.29) is 6.61 Å². The van der Waals surface area contributed by atoms with E-state index in [2.05, 4.69) is 17.8 Å². The Morgan fingerprint density at radius 2 is 2.07 bits per heavy atom. The van der Waals surface area contributed by atoms with Gasteiger partial charge in [0.2, 0.25) is 0 Å². The molecule has 1 rings (SSSR count). The Morgan fingerprint density at radius 3 is 2.73 bits per heavy atom. The highest BCUT2D eigenvalue weighted by Gasteiger charge is 1.93. The molecular weight excluding hydrogens is 188 g/mol. The lowest BCUT2D eigenvalue weighted by Gasteiger charge is -1.84. The van der Waals surface area contributed by atoms with Crippen LogP contribution < -0.4 is 0 Å². The predicted octanol–water partition coefficient (Wildman–Crippen LogP) is 1.93. The molecule has 0 aliphatic carbocycles. The van der Waals surface area contributed by atoms with Gasteiger partial charge in [0.05, 0.1) is 6.61 Å². The first kappa shape index (κ1) is 10.9. The van der Waals surface area contributed by atoms with E-state index in [1.807, 2.05) is 6.07 Å². The third kappa shape index (κ3) is 4.04. The predicted molar refractivity (Wildman–Crippen MR) is 60.5 cm³/mol. The Kier molecular flexibility index (Phi) is 4.60. The third-order valence-corrected chi connectivity index (χ3v) is 1.51. The van der Waals surface area contributed by atoms with Crippen molar-refractivity contribution in [3.05, 3.63) is 35.8 Å². The Balaban J connectivity index is 2.65. The summed E-state index contributed by atoms with van der Waals surface area (Å²) in [4.78, 5) is 0. The summed E-state index contributed by atoms with van der Waals surface area (Å²) in [5.41, 5.74) is 0. The van der Waals surface area contributed by atoms with Crippen molar-refractivity contribution in [2.75, 3.05) is 6.61 Å². The second-order valence-electron chi connectivity index (χ2n) is 2.57. The lowest BCUT2D eigenvalue weighted by molar-refractivity contribution is 0.343. The molecule has 1 aromatic heterocycles. The molecule has 0 spiro atoms. The van der Waals surface area contributed by atoms with Crippen LogP contribution in [0.4, 0.5) is 0 Å². The van der Waals surface area contributed by atoms with Crippen LogP contribution in [0, 0.1) is 24.2 Å². The van der Waals surface area contributed by atoms with Gasteiger partial charge in [0, 0.05) is 0 Å². The number of hydrogen-bond donors (Lipinski definition) is 1. The number of aliphatic hydroxyl groups is 1. The summed E-state index contributed by atoms with van der Waals surface area (Å²) in [6.07, 6.45) is 11.6. The lowest BCUT2D eigenvalue weighted by atomic mass is 10.3. The second-order valence-corrected chi connectivity index (χ2v) is 2.57. The Labute approximate surface area is 88.9 Å². The minimum absolute atomic E-state index is 0.000479. The van der Waals surface area contributed by atoms with Crippen LogP contribution in [0.25, 0.3) is 12.2 Å². The second kappa shape index (κ2) is 6.32. The molecule has 74 valence electrons. The number of furan rings is 1. The van der Waals surface area contributed by atoms with Crippen molar-refractivity contribution in [1.29, 1.82) is 0 Å². The third-order valence-electron chi connectivity index (χ3n) is 1.51. The van der Waals surface area contributed by atoms with E-state index in [4.69, 9.17) is 15.9 Å². The van der Waals surface area contributed by atoms with Gasteiger partial charge < -0.3 is 9.52 Å². The number of allylic oxidation sites excluding steroid dienone is 1. The van der Waals surface area contributed by atoms with Gasteiger partial charge in [-0.1, -0.05) is 12.0 Å². The van der Waals surface area contributed by atoms with Crippen LogP contribution >= 0.6 is 0 Å². The van der Waals surface area contributed by atoms with Gasteiger partial charge >= 0.3 is 0 Å². The zero-order valence-corrected chi connectivity index (χ0v) is 8.10. The van der Waals surface area contributed by atoms with Crippen molar-refractivity contribution in [2.45, 2.75) is 0 Å². The van der Waals surface area contributed by atoms with Crippen LogP contribution in [0.2, 0.25) is 0 Å². The van der Waals surface area contributed by atoms with Crippen molar-refractivity contribution in [3.8, 4) is 24.2 Å². The SMILES string of the molecule is C#CC#C/C=C/c1ccc(/C=C/CO)o1. The molecule has 1 heterocycles. The summed E-state index contributed by atoms with van der Waals surface area (Å²) >= 11 is 0. The highest BCUT2D eigenvalue weighted by Crippen LogP contribution is 2.10. The fourth-order valence-corrected chi connectivity index (χ4v) is 0.924. The molecule has 0 aliphatic heterocycles. The number of rotatable bonds is 3. The molecule has 0 bridgehead atoms. The van der Waals surface area contributed by atoms with Crippen LogP contribution in [0.5, 0.6) is 0 Å². The van der Waals surface area contributed by atoms with Crippen LogP contribution in [0.15, 0.2) is 28.7 Å². The topological polar surface area (TPSA) is 33.4 Å². The minimum atomic E-state index is -0.000479. The minimum Gasteiger partial charge on any atom is -0.457 e. The summed E-state index contributed by atoms with van der Waals surface area (Å²) in [6, 6.07) is 3.62. The molecule has 0 saturated carbocycles. The molecule has 15 heavy (non-hydrogen) atoms. The molecule has 2 nitrogen and oxygen atoms in total. The maximum absolute atomic E-state index is 8.56. The van der Waals surface area contributed by atoms with Gasteiger partial charge in [-0.3, -0.25) is 0 Å². The summed E-state index contributed by atoms with van der Waals surface area (Å²) < 4.78 is 5.36. The lowest BCUT2D eigenvalue weighted by Crippen LogP contribution is -1.69. The van der Waals surface area contributed by atoms with Crippen molar-refractivity contribution >= 4 is 12.2 Å². The molecule has 2 heteroatoms. The van der Waals surface area contributed by atoms with Crippen molar-refractivity contribution in [1.82, 2.24) is 0 Å². The van der Waals surface area contributed by atoms with E-state index in [9.17, 15) is 0 Å². The first-order valence-corrected chi connectivity index (χ1v) is 4.36. The first-order chi connectivity index (χ1) is 7.36. The van der Waals surface area contributed by atoms with Gasteiger partial charge in [-0.15, -0.1) is 6.42 Å². The fourth-order valence-electron chi connectivity index (χ4n) is 0.924. The monoisotopic (exact) mass is 198 g/mol. The van der Waals surface area contributed by atoms with E-state index in [1.165, 1.54) is 0 Å². The van der Waals surface area contributed by atoms with Crippen LogP contribution in [-0.2, 0) is 0 Å². The molecule has 1 aromatic rings. The Morgan fingerprint density at radius 1 is 1.33 bits per heavy atom. The van der Waals surface area contributed by atoms with Gasteiger partial charge in [-0.2, -0.15) is 0 Å². The average Bonchev–Trinajstić information content (AvgIpc) is 2.69. The van der Waals surface area contributed by atoms with Crippen molar-refractivity contribution in [3.63, 3.8) is 0 Å². The number of aliphatic hydroxyl groups excluding tert-OH is 1. The first-order valence-electron chi connectivity index (χ1n) is 4.36. The van der Waals surface area contributed by atoms with Gasteiger partial charge in [0.25, 0.3) is 0 Å². The Bertz CT molecular complexity index is 459. The molecule has 0 aromatic carbocycles. The van der Waals surface area contributed by atoms with E-state index < -0.39 is 0 Å². The smallest absolute Gasteiger partial charge is 0.128 e. The summed E-state index contributed by atoms with van der Waals surface area (Å²) in [6.45, 7) is -0.000479. The van der Waals surface area contributed by atoms with E-state index in [0.29, 0.717) is 11.5 Å². The largest absolute Gasteiger partial charge is 0.457 e. The van der Waals surface area contributed by atoms with Gasteiger partial charge in [0.1, 0.15) is 11.5 Å². The van der Waals surface area contributed by atoms with E-state index in [0.717, 1.165) is 0 Å².